The van der Waals surface area contributed by atoms with E-state index in [-0.39, 0.29) is 6.61 Å². The number of ether oxygens (including phenoxy) is 5. The van der Waals surface area contributed by atoms with E-state index in [0.717, 1.165) is 4.47 Å². The fourth-order valence-corrected chi connectivity index (χ4v) is 1.82. The van der Waals surface area contributed by atoms with Crippen LogP contribution in [0.5, 0.6) is 5.88 Å². The molecule has 1 N–H and O–H groups in total. The van der Waals surface area contributed by atoms with Crippen LogP contribution in [0.3, 0.4) is 0 Å². The summed E-state index contributed by atoms with van der Waals surface area (Å²) >= 11 is 3.31. The van der Waals surface area contributed by atoms with Crippen LogP contribution >= 0.6 is 15.9 Å². The monoisotopic (exact) mass is 407 g/mol. The van der Waals surface area contributed by atoms with Crippen LogP contribution in [0.1, 0.15) is 6.42 Å². The summed E-state index contributed by atoms with van der Waals surface area (Å²) in [7, 11) is 0. The van der Waals surface area contributed by atoms with E-state index in [2.05, 4.69) is 20.9 Å². The van der Waals surface area contributed by atoms with Crippen molar-refractivity contribution in [3.8, 4) is 5.88 Å². The lowest BCUT2D eigenvalue weighted by atomic mass is 10.5. The second kappa shape index (κ2) is 15.7. The normalized spacial score (nSPS) is 10.9. The number of aliphatic hydroxyl groups excluding tert-OH is 1. The van der Waals surface area contributed by atoms with Crippen molar-refractivity contribution in [1.82, 2.24) is 4.98 Å². The number of pyridine rings is 1. The molecule has 0 aliphatic rings. The smallest absolute Gasteiger partial charge is 0.213 e. The highest BCUT2D eigenvalue weighted by Gasteiger charge is 1.96. The molecule has 0 saturated heterocycles. The number of hydrogen-bond acceptors (Lipinski definition) is 7. The van der Waals surface area contributed by atoms with Crippen molar-refractivity contribution >= 4 is 15.9 Å². The van der Waals surface area contributed by atoms with Crippen LogP contribution in [-0.4, -0.2) is 76.2 Å². The zero-order valence-corrected chi connectivity index (χ0v) is 15.4. The van der Waals surface area contributed by atoms with Crippen molar-refractivity contribution in [2.45, 2.75) is 6.42 Å². The number of halogens is 1. The molecule has 7 nitrogen and oxygen atoms in total. The first-order valence-corrected chi connectivity index (χ1v) is 8.78. The van der Waals surface area contributed by atoms with Gasteiger partial charge < -0.3 is 28.8 Å². The highest BCUT2D eigenvalue weighted by Crippen LogP contribution is 2.11. The SMILES string of the molecule is OCCCOCCOCCOCCOCCOc1ccc(Br)cn1. The second-order valence-corrected chi connectivity index (χ2v) is 5.61. The first-order chi connectivity index (χ1) is 11.8. The van der Waals surface area contributed by atoms with Crippen LogP contribution in [0.25, 0.3) is 0 Å². The molecule has 0 saturated carbocycles. The Hall–Kier alpha value is -0.770. The van der Waals surface area contributed by atoms with Crippen LogP contribution in [0.15, 0.2) is 22.8 Å². The summed E-state index contributed by atoms with van der Waals surface area (Å²) in [5.41, 5.74) is 0. The molecule has 1 aromatic heterocycles. The van der Waals surface area contributed by atoms with Crippen LogP contribution in [0.2, 0.25) is 0 Å². The molecule has 0 radical (unpaired) electrons. The third-order valence-corrected chi connectivity index (χ3v) is 3.21. The van der Waals surface area contributed by atoms with Crippen molar-refractivity contribution in [1.29, 1.82) is 0 Å². The van der Waals surface area contributed by atoms with E-state index < -0.39 is 0 Å². The molecule has 0 aliphatic heterocycles. The van der Waals surface area contributed by atoms with Gasteiger partial charge in [-0.15, -0.1) is 0 Å². The molecule has 1 rings (SSSR count). The summed E-state index contributed by atoms with van der Waals surface area (Å²) in [4.78, 5) is 4.10. The third kappa shape index (κ3) is 12.6. The minimum atomic E-state index is 0.157. The fourth-order valence-electron chi connectivity index (χ4n) is 1.58. The van der Waals surface area contributed by atoms with Gasteiger partial charge in [0.2, 0.25) is 5.88 Å². The summed E-state index contributed by atoms with van der Waals surface area (Å²) in [6.07, 6.45) is 2.35. The van der Waals surface area contributed by atoms with Crippen LogP contribution < -0.4 is 4.74 Å². The van der Waals surface area contributed by atoms with Crippen molar-refractivity contribution in [2.24, 2.45) is 0 Å². The summed E-state index contributed by atoms with van der Waals surface area (Å²) < 4.78 is 27.7. The van der Waals surface area contributed by atoms with Crippen LogP contribution in [0, 0.1) is 0 Å². The first kappa shape index (κ1) is 21.3. The van der Waals surface area contributed by atoms with Crippen LogP contribution in [0.4, 0.5) is 0 Å². The van der Waals surface area contributed by atoms with Gasteiger partial charge in [-0.3, -0.25) is 0 Å². The Morgan fingerprint density at radius 2 is 1.33 bits per heavy atom. The van der Waals surface area contributed by atoms with E-state index >= 15 is 0 Å². The Labute approximate surface area is 151 Å². The van der Waals surface area contributed by atoms with Gasteiger partial charge in [0.25, 0.3) is 0 Å². The lowest BCUT2D eigenvalue weighted by Crippen LogP contribution is -2.14. The zero-order valence-electron chi connectivity index (χ0n) is 13.8. The Morgan fingerprint density at radius 3 is 1.83 bits per heavy atom. The topological polar surface area (TPSA) is 79.3 Å². The third-order valence-electron chi connectivity index (χ3n) is 2.74. The molecule has 0 aliphatic carbocycles. The maximum absolute atomic E-state index is 8.57. The number of rotatable bonds is 16. The molecule has 138 valence electrons. The number of aromatic nitrogens is 1. The van der Waals surface area contributed by atoms with Gasteiger partial charge in [-0.05, 0) is 28.4 Å². The molecule has 0 aromatic carbocycles. The molecule has 8 heteroatoms. The zero-order chi connectivity index (χ0) is 17.3. The minimum Gasteiger partial charge on any atom is -0.475 e. The average molecular weight is 408 g/mol. The van der Waals surface area contributed by atoms with E-state index in [1.165, 1.54) is 0 Å². The minimum absolute atomic E-state index is 0.157. The second-order valence-electron chi connectivity index (χ2n) is 4.69. The van der Waals surface area contributed by atoms with E-state index in [1.54, 1.807) is 12.3 Å². The van der Waals surface area contributed by atoms with Crippen LogP contribution in [-0.2, 0) is 18.9 Å². The molecule has 0 amide bonds. The summed E-state index contributed by atoms with van der Waals surface area (Å²) in [6, 6.07) is 3.67. The molecular weight excluding hydrogens is 382 g/mol. The van der Waals surface area contributed by atoms with Crippen molar-refractivity contribution in [2.75, 3.05) is 66.1 Å². The highest BCUT2D eigenvalue weighted by atomic mass is 79.9. The fraction of sp³-hybridized carbons (Fsp3) is 0.688. The average Bonchev–Trinajstić information content (AvgIpc) is 2.60. The molecular formula is C16H26BrNO6. The van der Waals surface area contributed by atoms with Gasteiger partial charge in [-0.1, -0.05) is 0 Å². The first-order valence-electron chi connectivity index (χ1n) is 7.99. The van der Waals surface area contributed by atoms with E-state index in [4.69, 9.17) is 28.8 Å². The predicted molar refractivity (Wildman–Crippen MR) is 92.4 cm³/mol. The molecule has 0 atom stereocenters. The number of nitrogens with zero attached hydrogens (tertiary/aromatic N) is 1. The maximum atomic E-state index is 8.57. The summed E-state index contributed by atoms with van der Waals surface area (Å²) in [5.74, 6) is 0.579. The van der Waals surface area contributed by atoms with Gasteiger partial charge in [0.05, 0.1) is 46.2 Å². The highest BCUT2D eigenvalue weighted by molar-refractivity contribution is 9.10. The summed E-state index contributed by atoms with van der Waals surface area (Å²) in [5, 5.41) is 8.57. The molecule has 1 aromatic rings. The molecule has 24 heavy (non-hydrogen) atoms. The number of hydrogen-bond donors (Lipinski definition) is 1. The lowest BCUT2D eigenvalue weighted by Gasteiger charge is -2.08. The Kier molecular flexibility index (Phi) is 14.0. The van der Waals surface area contributed by atoms with Gasteiger partial charge in [0, 0.05) is 29.9 Å². The van der Waals surface area contributed by atoms with Gasteiger partial charge in [0.1, 0.15) is 6.61 Å². The Morgan fingerprint density at radius 1 is 0.792 bits per heavy atom. The Balaban J connectivity index is 1.75. The van der Waals surface area contributed by atoms with E-state index in [0.29, 0.717) is 71.8 Å². The lowest BCUT2D eigenvalue weighted by molar-refractivity contribution is -0.00566. The van der Waals surface area contributed by atoms with Gasteiger partial charge in [-0.2, -0.15) is 0 Å². The standard InChI is InChI=1S/C16H26BrNO6/c17-15-2-3-16(18-14-15)24-13-12-23-11-10-22-9-8-21-7-6-20-5-1-4-19/h2-3,14,19H,1,4-13H2. The van der Waals surface area contributed by atoms with Gasteiger partial charge in [0.15, 0.2) is 0 Å². The van der Waals surface area contributed by atoms with E-state index in [1.807, 2.05) is 6.07 Å². The number of aliphatic hydroxyl groups is 1. The van der Waals surface area contributed by atoms with E-state index in [9.17, 15) is 0 Å². The Bertz CT molecular complexity index is 393. The molecule has 0 spiro atoms. The van der Waals surface area contributed by atoms with Gasteiger partial charge in [-0.25, -0.2) is 4.98 Å². The maximum Gasteiger partial charge on any atom is 0.213 e. The van der Waals surface area contributed by atoms with Crippen molar-refractivity contribution < 1.29 is 28.8 Å². The molecule has 0 fully saturated rings. The quantitative estimate of drug-likeness (QED) is 0.417. The molecule has 0 bridgehead atoms. The molecule has 1 heterocycles. The predicted octanol–water partition coefficient (Wildman–Crippen LogP) is 1.67. The van der Waals surface area contributed by atoms with Gasteiger partial charge >= 0.3 is 0 Å². The molecule has 0 unspecified atom stereocenters. The summed E-state index contributed by atoms with van der Waals surface area (Å²) in [6.45, 7) is 4.83. The van der Waals surface area contributed by atoms with Crippen molar-refractivity contribution in [3.63, 3.8) is 0 Å². The largest absolute Gasteiger partial charge is 0.475 e. The van der Waals surface area contributed by atoms with Crippen molar-refractivity contribution in [3.05, 3.63) is 22.8 Å².